The van der Waals surface area contributed by atoms with E-state index in [0.717, 1.165) is 17.0 Å². The molecular formula is C14H17NO. The normalized spacial score (nSPS) is 10.8. The van der Waals surface area contributed by atoms with Crippen molar-refractivity contribution >= 4 is 0 Å². The SMILES string of the molecule is Cc1ccccc1-n1c(C)cc(CO)c1C. The van der Waals surface area contributed by atoms with Crippen LogP contribution in [-0.2, 0) is 6.61 Å². The number of hydrogen-bond donors (Lipinski definition) is 1. The summed E-state index contributed by atoms with van der Waals surface area (Å²) in [6.45, 7) is 6.32. The van der Waals surface area contributed by atoms with Gasteiger partial charge in [0.15, 0.2) is 0 Å². The summed E-state index contributed by atoms with van der Waals surface area (Å²) in [5, 5.41) is 9.26. The number of rotatable bonds is 2. The second-order valence-electron chi connectivity index (χ2n) is 4.18. The van der Waals surface area contributed by atoms with Gasteiger partial charge in [-0.3, -0.25) is 0 Å². The molecule has 2 nitrogen and oxygen atoms in total. The fourth-order valence-corrected chi connectivity index (χ4v) is 2.17. The van der Waals surface area contributed by atoms with Gasteiger partial charge in [-0.25, -0.2) is 0 Å². The molecule has 1 aromatic carbocycles. The van der Waals surface area contributed by atoms with Gasteiger partial charge in [-0.2, -0.15) is 0 Å². The van der Waals surface area contributed by atoms with E-state index < -0.39 is 0 Å². The molecule has 1 heterocycles. The molecular weight excluding hydrogens is 198 g/mol. The van der Waals surface area contributed by atoms with E-state index in [1.165, 1.54) is 11.3 Å². The summed E-state index contributed by atoms with van der Waals surface area (Å²) in [5.74, 6) is 0. The number of aliphatic hydroxyl groups excluding tert-OH is 1. The summed E-state index contributed by atoms with van der Waals surface area (Å²) < 4.78 is 2.20. The monoisotopic (exact) mass is 215 g/mol. The van der Waals surface area contributed by atoms with Crippen molar-refractivity contribution in [3.63, 3.8) is 0 Å². The standard InChI is InChI=1S/C14H17NO/c1-10-6-4-5-7-14(10)15-11(2)8-13(9-16)12(15)3/h4-8,16H,9H2,1-3H3. The number of benzene rings is 1. The van der Waals surface area contributed by atoms with Gasteiger partial charge >= 0.3 is 0 Å². The Labute approximate surface area is 96.2 Å². The van der Waals surface area contributed by atoms with E-state index in [9.17, 15) is 5.11 Å². The first-order valence-electron chi connectivity index (χ1n) is 5.50. The van der Waals surface area contributed by atoms with Crippen LogP contribution >= 0.6 is 0 Å². The lowest BCUT2D eigenvalue weighted by atomic mass is 10.2. The Morgan fingerprint density at radius 1 is 1.12 bits per heavy atom. The Morgan fingerprint density at radius 2 is 1.81 bits per heavy atom. The molecule has 84 valence electrons. The Balaban J connectivity index is 2.65. The molecule has 0 aliphatic carbocycles. The van der Waals surface area contributed by atoms with Crippen molar-refractivity contribution in [1.82, 2.24) is 4.57 Å². The van der Waals surface area contributed by atoms with Crippen LogP contribution in [0.15, 0.2) is 30.3 Å². The number of nitrogens with zero attached hydrogens (tertiary/aromatic N) is 1. The maximum atomic E-state index is 9.26. The van der Waals surface area contributed by atoms with Crippen LogP contribution in [0, 0.1) is 20.8 Å². The van der Waals surface area contributed by atoms with E-state index >= 15 is 0 Å². The van der Waals surface area contributed by atoms with E-state index in [2.05, 4.69) is 30.5 Å². The van der Waals surface area contributed by atoms with Crippen LogP contribution in [0.2, 0.25) is 0 Å². The first-order valence-corrected chi connectivity index (χ1v) is 5.50. The summed E-state index contributed by atoms with van der Waals surface area (Å²) in [7, 11) is 0. The molecule has 0 aliphatic rings. The molecule has 0 amide bonds. The maximum Gasteiger partial charge on any atom is 0.0699 e. The third kappa shape index (κ3) is 1.65. The van der Waals surface area contributed by atoms with Crippen molar-refractivity contribution in [1.29, 1.82) is 0 Å². The van der Waals surface area contributed by atoms with Crippen LogP contribution in [0.1, 0.15) is 22.5 Å². The molecule has 0 saturated heterocycles. The Morgan fingerprint density at radius 3 is 2.38 bits per heavy atom. The predicted octanol–water partition coefficient (Wildman–Crippen LogP) is 2.89. The fourth-order valence-electron chi connectivity index (χ4n) is 2.17. The summed E-state index contributed by atoms with van der Waals surface area (Å²) in [6, 6.07) is 10.3. The third-order valence-corrected chi connectivity index (χ3v) is 3.06. The van der Waals surface area contributed by atoms with Crippen LogP contribution in [0.5, 0.6) is 0 Å². The molecule has 16 heavy (non-hydrogen) atoms. The van der Waals surface area contributed by atoms with Gasteiger partial charge in [0, 0.05) is 17.1 Å². The molecule has 1 aromatic heterocycles. The lowest BCUT2D eigenvalue weighted by Gasteiger charge is -2.12. The Hall–Kier alpha value is -1.54. The maximum absolute atomic E-state index is 9.26. The molecule has 2 heteroatoms. The second-order valence-corrected chi connectivity index (χ2v) is 4.18. The van der Waals surface area contributed by atoms with Crippen LogP contribution in [0.3, 0.4) is 0 Å². The molecule has 0 bridgehead atoms. The molecule has 0 aliphatic heterocycles. The molecule has 0 radical (unpaired) electrons. The highest BCUT2D eigenvalue weighted by Crippen LogP contribution is 2.22. The fraction of sp³-hybridized carbons (Fsp3) is 0.286. The summed E-state index contributed by atoms with van der Waals surface area (Å²) in [5.41, 5.74) is 5.72. The van der Waals surface area contributed by atoms with Crippen LogP contribution in [0.25, 0.3) is 5.69 Å². The molecule has 0 spiro atoms. The topological polar surface area (TPSA) is 25.2 Å². The Kier molecular flexibility index (Phi) is 2.84. The van der Waals surface area contributed by atoms with Crippen molar-refractivity contribution in [2.45, 2.75) is 27.4 Å². The smallest absolute Gasteiger partial charge is 0.0699 e. The molecule has 2 aromatic rings. The predicted molar refractivity (Wildman–Crippen MR) is 65.9 cm³/mol. The van der Waals surface area contributed by atoms with Gasteiger partial charge in [0.1, 0.15) is 0 Å². The van der Waals surface area contributed by atoms with Gasteiger partial charge < -0.3 is 9.67 Å². The lowest BCUT2D eigenvalue weighted by Crippen LogP contribution is -2.01. The highest BCUT2D eigenvalue weighted by molar-refractivity contribution is 5.45. The average Bonchev–Trinajstić information content (AvgIpc) is 2.55. The van der Waals surface area contributed by atoms with Crippen molar-refractivity contribution in [3.05, 3.63) is 52.8 Å². The molecule has 1 N–H and O–H groups in total. The van der Waals surface area contributed by atoms with Gasteiger partial charge in [0.2, 0.25) is 0 Å². The van der Waals surface area contributed by atoms with Crippen LogP contribution in [-0.4, -0.2) is 9.67 Å². The number of aromatic nitrogens is 1. The van der Waals surface area contributed by atoms with Crippen molar-refractivity contribution in [3.8, 4) is 5.69 Å². The van der Waals surface area contributed by atoms with Crippen LogP contribution < -0.4 is 0 Å². The minimum atomic E-state index is 0.103. The van der Waals surface area contributed by atoms with Crippen LogP contribution in [0.4, 0.5) is 0 Å². The zero-order valence-electron chi connectivity index (χ0n) is 9.99. The van der Waals surface area contributed by atoms with Crippen molar-refractivity contribution < 1.29 is 5.11 Å². The number of hydrogen-bond acceptors (Lipinski definition) is 1. The first-order chi connectivity index (χ1) is 7.65. The second kappa shape index (κ2) is 4.14. The zero-order valence-corrected chi connectivity index (χ0v) is 9.99. The molecule has 0 fully saturated rings. The van der Waals surface area contributed by atoms with E-state index in [1.54, 1.807) is 0 Å². The van der Waals surface area contributed by atoms with Crippen molar-refractivity contribution in [2.75, 3.05) is 0 Å². The summed E-state index contributed by atoms with van der Waals surface area (Å²) >= 11 is 0. The summed E-state index contributed by atoms with van der Waals surface area (Å²) in [4.78, 5) is 0. The van der Waals surface area contributed by atoms with Gasteiger partial charge in [-0.05, 0) is 44.0 Å². The minimum absolute atomic E-state index is 0.103. The molecule has 2 rings (SSSR count). The summed E-state index contributed by atoms with van der Waals surface area (Å²) in [6.07, 6.45) is 0. The third-order valence-electron chi connectivity index (χ3n) is 3.06. The largest absolute Gasteiger partial charge is 0.392 e. The molecule has 0 atom stereocenters. The number of aryl methyl sites for hydroxylation is 2. The van der Waals surface area contributed by atoms with Gasteiger partial charge in [-0.15, -0.1) is 0 Å². The van der Waals surface area contributed by atoms with E-state index in [-0.39, 0.29) is 6.61 Å². The highest BCUT2D eigenvalue weighted by atomic mass is 16.3. The van der Waals surface area contributed by atoms with Gasteiger partial charge in [0.05, 0.1) is 6.61 Å². The molecule has 0 saturated carbocycles. The van der Waals surface area contributed by atoms with Gasteiger partial charge in [0.25, 0.3) is 0 Å². The first kappa shape index (κ1) is 11.0. The minimum Gasteiger partial charge on any atom is -0.392 e. The van der Waals surface area contributed by atoms with E-state index in [1.807, 2.05) is 25.1 Å². The van der Waals surface area contributed by atoms with E-state index in [0.29, 0.717) is 0 Å². The Bertz CT molecular complexity index is 511. The number of para-hydroxylation sites is 1. The molecule has 0 unspecified atom stereocenters. The number of aliphatic hydroxyl groups is 1. The van der Waals surface area contributed by atoms with Gasteiger partial charge in [-0.1, -0.05) is 18.2 Å². The van der Waals surface area contributed by atoms with Crippen molar-refractivity contribution in [2.24, 2.45) is 0 Å². The zero-order chi connectivity index (χ0) is 11.7. The quantitative estimate of drug-likeness (QED) is 0.818. The lowest BCUT2D eigenvalue weighted by molar-refractivity contribution is 0.281. The highest BCUT2D eigenvalue weighted by Gasteiger charge is 2.10. The van der Waals surface area contributed by atoms with E-state index in [4.69, 9.17) is 0 Å². The average molecular weight is 215 g/mol.